The molecule has 86 valence electrons. The highest BCUT2D eigenvalue weighted by Gasteiger charge is 2.10. The van der Waals surface area contributed by atoms with Crippen LogP contribution >= 0.6 is 27.3 Å². The van der Waals surface area contributed by atoms with Crippen molar-refractivity contribution in [1.29, 1.82) is 0 Å². The lowest BCUT2D eigenvalue weighted by molar-refractivity contribution is 0.186. The van der Waals surface area contributed by atoms with E-state index < -0.39 is 0 Å². The third-order valence-electron chi connectivity index (χ3n) is 2.31. The molecule has 4 heteroatoms. The Bertz CT molecular complexity index is 288. The summed E-state index contributed by atoms with van der Waals surface area (Å²) in [6, 6.07) is 2.69. The van der Waals surface area contributed by atoms with Crippen molar-refractivity contribution in [2.24, 2.45) is 0 Å². The first-order valence-corrected chi connectivity index (χ1v) is 6.88. The van der Waals surface area contributed by atoms with Gasteiger partial charge < -0.3 is 5.11 Å². The Labute approximate surface area is 104 Å². The van der Waals surface area contributed by atoms with Gasteiger partial charge in [0.2, 0.25) is 0 Å². The lowest BCUT2D eigenvalue weighted by Gasteiger charge is -2.25. The second-order valence-corrected chi connectivity index (χ2v) is 5.78. The van der Waals surface area contributed by atoms with Crippen LogP contribution in [0.1, 0.15) is 25.1 Å². The van der Waals surface area contributed by atoms with E-state index in [1.807, 2.05) is 0 Å². The van der Waals surface area contributed by atoms with Crippen molar-refractivity contribution in [2.75, 3.05) is 13.2 Å². The van der Waals surface area contributed by atoms with Crippen LogP contribution in [0.25, 0.3) is 0 Å². The number of hydrogen-bond acceptors (Lipinski definition) is 3. The first kappa shape index (κ1) is 13.2. The number of aliphatic hydroxyl groups is 1. The van der Waals surface area contributed by atoms with Crippen LogP contribution in [-0.4, -0.2) is 29.2 Å². The van der Waals surface area contributed by atoms with Crippen LogP contribution in [0.3, 0.4) is 0 Å². The fourth-order valence-electron chi connectivity index (χ4n) is 1.43. The minimum atomic E-state index is 0.275. The molecule has 0 unspecified atom stereocenters. The predicted molar refractivity (Wildman–Crippen MR) is 69.3 cm³/mol. The molecule has 0 fully saturated rings. The van der Waals surface area contributed by atoms with Crippen molar-refractivity contribution in [3.05, 3.63) is 20.8 Å². The molecular formula is C11H18BrNOS. The topological polar surface area (TPSA) is 23.5 Å². The van der Waals surface area contributed by atoms with Gasteiger partial charge in [0, 0.05) is 40.5 Å². The molecule has 1 N–H and O–H groups in total. The van der Waals surface area contributed by atoms with Crippen molar-refractivity contribution in [3.8, 4) is 0 Å². The average Bonchev–Trinajstić information content (AvgIpc) is 2.58. The van der Waals surface area contributed by atoms with E-state index in [1.54, 1.807) is 11.3 Å². The summed E-state index contributed by atoms with van der Waals surface area (Å²) in [7, 11) is 0. The third-order valence-corrected chi connectivity index (χ3v) is 4.00. The minimum Gasteiger partial charge on any atom is -0.396 e. The molecule has 0 amide bonds. The van der Waals surface area contributed by atoms with E-state index >= 15 is 0 Å². The molecule has 2 nitrogen and oxygen atoms in total. The fraction of sp³-hybridized carbons (Fsp3) is 0.636. The Morgan fingerprint density at radius 1 is 1.53 bits per heavy atom. The zero-order valence-corrected chi connectivity index (χ0v) is 11.6. The van der Waals surface area contributed by atoms with Gasteiger partial charge in [-0.1, -0.05) is 0 Å². The van der Waals surface area contributed by atoms with Gasteiger partial charge in [0.05, 0.1) is 0 Å². The highest BCUT2D eigenvalue weighted by molar-refractivity contribution is 9.10. The second kappa shape index (κ2) is 6.63. The van der Waals surface area contributed by atoms with Gasteiger partial charge in [-0.3, -0.25) is 4.90 Å². The lowest BCUT2D eigenvalue weighted by atomic mass is 10.2. The molecule has 1 aromatic heterocycles. The number of halogens is 1. The maximum absolute atomic E-state index is 8.84. The first-order chi connectivity index (χ1) is 7.13. The molecule has 0 saturated heterocycles. The first-order valence-electron chi connectivity index (χ1n) is 5.21. The summed E-state index contributed by atoms with van der Waals surface area (Å²) in [5, 5.41) is 10.9. The molecule has 1 heterocycles. The van der Waals surface area contributed by atoms with Crippen LogP contribution in [-0.2, 0) is 6.54 Å². The summed E-state index contributed by atoms with van der Waals surface area (Å²) in [6.07, 6.45) is 0.852. The van der Waals surface area contributed by atoms with Gasteiger partial charge in [-0.05, 0) is 42.3 Å². The summed E-state index contributed by atoms with van der Waals surface area (Å²) in [5.74, 6) is 0. The van der Waals surface area contributed by atoms with Gasteiger partial charge in [-0.15, -0.1) is 11.3 Å². The molecule has 0 aliphatic rings. The molecular weight excluding hydrogens is 274 g/mol. The predicted octanol–water partition coefficient (Wildman–Crippen LogP) is 3.10. The summed E-state index contributed by atoms with van der Waals surface area (Å²) >= 11 is 5.24. The molecule has 0 aliphatic heterocycles. The van der Waals surface area contributed by atoms with Crippen LogP contribution in [0.5, 0.6) is 0 Å². The van der Waals surface area contributed by atoms with Crippen LogP contribution in [0, 0.1) is 0 Å². The largest absolute Gasteiger partial charge is 0.396 e. The van der Waals surface area contributed by atoms with Crippen molar-refractivity contribution < 1.29 is 5.11 Å². The van der Waals surface area contributed by atoms with Crippen molar-refractivity contribution in [3.63, 3.8) is 0 Å². The number of rotatable bonds is 6. The molecule has 1 aromatic rings. The molecule has 1 rings (SSSR count). The van der Waals surface area contributed by atoms with Crippen LogP contribution in [0.4, 0.5) is 0 Å². The molecule has 0 saturated carbocycles. The monoisotopic (exact) mass is 291 g/mol. The Balaban J connectivity index is 2.50. The summed E-state index contributed by atoms with van der Waals surface area (Å²) in [6.45, 7) is 6.61. The SMILES string of the molecule is CC(C)N(CCCO)Cc1cc(Br)cs1. The van der Waals surface area contributed by atoms with Crippen molar-refractivity contribution in [1.82, 2.24) is 4.90 Å². The average molecular weight is 292 g/mol. The Morgan fingerprint density at radius 3 is 2.73 bits per heavy atom. The zero-order valence-electron chi connectivity index (χ0n) is 9.24. The smallest absolute Gasteiger partial charge is 0.0443 e. The molecule has 0 spiro atoms. The Morgan fingerprint density at radius 2 is 2.27 bits per heavy atom. The van der Waals surface area contributed by atoms with E-state index in [4.69, 9.17) is 5.11 Å². The highest BCUT2D eigenvalue weighted by atomic mass is 79.9. The summed E-state index contributed by atoms with van der Waals surface area (Å²) < 4.78 is 1.16. The summed E-state index contributed by atoms with van der Waals surface area (Å²) in [5.41, 5.74) is 0. The van der Waals surface area contributed by atoms with Gasteiger partial charge >= 0.3 is 0 Å². The van der Waals surface area contributed by atoms with Crippen LogP contribution in [0.15, 0.2) is 15.9 Å². The van der Waals surface area contributed by atoms with E-state index in [2.05, 4.69) is 46.1 Å². The number of hydrogen-bond donors (Lipinski definition) is 1. The highest BCUT2D eigenvalue weighted by Crippen LogP contribution is 2.21. The van der Waals surface area contributed by atoms with E-state index in [0.29, 0.717) is 6.04 Å². The maximum Gasteiger partial charge on any atom is 0.0443 e. The van der Waals surface area contributed by atoms with Gasteiger partial charge in [-0.2, -0.15) is 0 Å². The van der Waals surface area contributed by atoms with Gasteiger partial charge in [0.1, 0.15) is 0 Å². The molecule has 15 heavy (non-hydrogen) atoms. The van der Waals surface area contributed by atoms with Gasteiger partial charge in [-0.25, -0.2) is 0 Å². The Kier molecular flexibility index (Phi) is 5.82. The van der Waals surface area contributed by atoms with E-state index in [1.165, 1.54) is 4.88 Å². The van der Waals surface area contributed by atoms with Crippen molar-refractivity contribution >= 4 is 27.3 Å². The Hall–Kier alpha value is 0.1000. The minimum absolute atomic E-state index is 0.275. The van der Waals surface area contributed by atoms with E-state index in [0.717, 1.165) is 24.0 Å². The molecule has 0 bridgehead atoms. The number of nitrogens with zero attached hydrogens (tertiary/aromatic N) is 1. The summed E-state index contributed by atoms with van der Waals surface area (Å²) in [4.78, 5) is 3.75. The van der Waals surface area contributed by atoms with E-state index in [9.17, 15) is 0 Å². The van der Waals surface area contributed by atoms with E-state index in [-0.39, 0.29) is 6.61 Å². The zero-order chi connectivity index (χ0) is 11.3. The molecule has 0 aromatic carbocycles. The maximum atomic E-state index is 8.84. The van der Waals surface area contributed by atoms with Gasteiger partial charge in [0.25, 0.3) is 0 Å². The fourth-order valence-corrected chi connectivity index (χ4v) is 2.91. The standard InChI is InChI=1S/C11H18BrNOS/c1-9(2)13(4-3-5-14)7-11-6-10(12)8-15-11/h6,8-9,14H,3-5,7H2,1-2H3. The quantitative estimate of drug-likeness (QED) is 0.871. The molecule has 0 radical (unpaired) electrons. The van der Waals surface area contributed by atoms with Crippen molar-refractivity contribution in [2.45, 2.75) is 32.9 Å². The number of aliphatic hydroxyl groups excluding tert-OH is 1. The van der Waals surface area contributed by atoms with Crippen LogP contribution in [0.2, 0.25) is 0 Å². The van der Waals surface area contributed by atoms with Crippen LogP contribution < -0.4 is 0 Å². The third kappa shape index (κ3) is 4.64. The molecule has 0 atom stereocenters. The number of thiophene rings is 1. The lowest BCUT2D eigenvalue weighted by Crippen LogP contribution is -2.31. The normalized spacial score (nSPS) is 11.6. The molecule has 0 aliphatic carbocycles. The second-order valence-electron chi connectivity index (χ2n) is 3.87. The van der Waals surface area contributed by atoms with Gasteiger partial charge in [0.15, 0.2) is 0 Å².